The van der Waals surface area contributed by atoms with Gasteiger partial charge in [0.1, 0.15) is 0 Å². The van der Waals surface area contributed by atoms with Gasteiger partial charge in [-0.3, -0.25) is 4.90 Å². The molecule has 2 aromatic carbocycles. The smallest absolute Gasteiger partial charge is 0.416 e. The first-order valence-electron chi connectivity index (χ1n) is 9.37. The predicted octanol–water partition coefficient (Wildman–Crippen LogP) is 4.11. The zero-order valence-electron chi connectivity index (χ0n) is 16.1. The van der Waals surface area contributed by atoms with E-state index in [-0.39, 0.29) is 5.56 Å². The molecule has 0 bridgehead atoms. The van der Waals surface area contributed by atoms with Gasteiger partial charge in [-0.2, -0.15) is 13.2 Å². The minimum absolute atomic E-state index is 0.253. The molecule has 1 heterocycles. The maximum absolute atomic E-state index is 13.7. The molecular formula is C21H25F3N2O2. The van der Waals surface area contributed by atoms with Gasteiger partial charge in [-0.05, 0) is 36.2 Å². The van der Waals surface area contributed by atoms with Crippen LogP contribution in [0.25, 0.3) is 0 Å². The lowest BCUT2D eigenvalue weighted by atomic mass is 9.92. The number of hydrogen-bond acceptors (Lipinski definition) is 4. The molecule has 0 saturated carbocycles. The molecule has 7 heteroatoms. The number of ether oxygens (including phenoxy) is 2. The molecule has 0 radical (unpaired) electrons. The lowest BCUT2D eigenvalue weighted by Gasteiger charge is -2.36. The molecule has 1 N–H and O–H groups in total. The third kappa shape index (κ3) is 4.42. The maximum Gasteiger partial charge on any atom is 0.416 e. The van der Waals surface area contributed by atoms with Crippen molar-refractivity contribution in [3.05, 3.63) is 59.2 Å². The van der Waals surface area contributed by atoms with Gasteiger partial charge in [-0.1, -0.05) is 24.3 Å². The van der Waals surface area contributed by atoms with Crippen LogP contribution in [0.1, 0.15) is 29.7 Å². The minimum atomic E-state index is -4.42. The van der Waals surface area contributed by atoms with Crippen molar-refractivity contribution in [3.63, 3.8) is 0 Å². The van der Waals surface area contributed by atoms with Crippen LogP contribution in [0, 0.1) is 0 Å². The normalized spacial score (nSPS) is 16.6. The van der Waals surface area contributed by atoms with Crippen molar-refractivity contribution in [1.29, 1.82) is 0 Å². The third-order valence-electron chi connectivity index (χ3n) is 4.88. The molecule has 0 amide bonds. The van der Waals surface area contributed by atoms with Crippen LogP contribution in [0.4, 0.5) is 13.2 Å². The summed E-state index contributed by atoms with van der Waals surface area (Å²) < 4.78 is 52.2. The topological polar surface area (TPSA) is 33.7 Å². The van der Waals surface area contributed by atoms with Gasteiger partial charge in [0.2, 0.25) is 0 Å². The van der Waals surface area contributed by atoms with Gasteiger partial charge >= 0.3 is 6.18 Å². The van der Waals surface area contributed by atoms with E-state index < -0.39 is 17.8 Å². The maximum atomic E-state index is 13.7. The van der Waals surface area contributed by atoms with Crippen LogP contribution in [-0.2, 0) is 6.18 Å². The summed E-state index contributed by atoms with van der Waals surface area (Å²) in [6.07, 6.45) is -4.42. The Morgan fingerprint density at radius 2 is 1.79 bits per heavy atom. The van der Waals surface area contributed by atoms with Crippen LogP contribution in [0.2, 0.25) is 0 Å². The number of piperazine rings is 1. The Kier molecular flexibility index (Phi) is 6.46. The van der Waals surface area contributed by atoms with E-state index in [1.165, 1.54) is 13.2 Å². The lowest BCUT2D eigenvalue weighted by molar-refractivity contribution is -0.138. The Morgan fingerprint density at radius 1 is 1.07 bits per heavy atom. The second-order valence-electron chi connectivity index (χ2n) is 6.62. The predicted molar refractivity (Wildman–Crippen MR) is 102 cm³/mol. The second kappa shape index (κ2) is 8.84. The molecule has 1 aliphatic heterocycles. The van der Waals surface area contributed by atoms with Gasteiger partial charge in [-0.15, -0.1) is 0 Å². The molecule has 3 rings (SSSR count). The second-order valence-corrected chi connectivity index (χ2v) is 6.62. The van der Waals surface area contributed by atoms with E-state index in [2.05, 4.69) is 10.2 Å². The van der Waals surface area contributed by atoms with Crippen molar-refractivity contribution in [2.75, 3.05) is 39.9 Å². The highest BCUT2D eigenvalue weighted by Crippen LogP contribution is 2.41. The highest BCUT2D eigenvalue weighted by Gasteiger charge is 2.37. The SMILES string of the molecule is CCOc1ccc(C(c2ccccc2C(F)(F)F)N2CCNCC2)cc1OC. The molecule has 4 nitrogen and oxygen atoms in total. The van der Waals surface area contributed by atoms with E-state index in [1.807, 2.05) is 13.0 Å². The summed E-state index contributed by atoms with van der Waals surface area (Å²) in [6.45, 7) is 5.14. The Balaban J connectivity index is 2.12. The summed E-state index contributed by atoms with van der Waals surface area (Å²) in [5.41, 5.74) is 0.397. The van der Waals surface area contributed by atoms with Crippen LogP contribution >= 0.6 is 0 Å². The summed E-state index contributed by atoms with van der Waals surface area (Å²) in [5.74, 6) is 1.10. The van der Waals surface area contributed by atoms with Crippen LogP contribution in [0.15, 0.2) is 42.5 Å². The highest BCUT2D eigenvalue weighted by molar-refractivity contribution is 5.47. The quantitative estimate of drug-likeness (QED) is 0.800. The number of benzene rings is 2. The van der Waals surface area contributed by atoms with Crippen LogP contribution in [-0.4, -0.2) is 44.8 Å². The van der Waals surface area contributed by atoms with Crippen molar-refractivity contribution in [3.8, 4) is 11.5 Å². The summed E-state index contributed by atoms with van der Waals surface area (Å²) in [5, 5.41) is 3.26. The fourth-order valence-electron chi connectivity index (χ4n) is 3.65. The summed E-state index contributed by atoms with van der Waals surface area (Å²) in [6, 6.07) is 10.7. The molecular weight excluding hydrogens is 369 g/mol. The van der Waals surface area contributed by atoms with Crippen molar-refractivity contribution < 1.29 is 22.6 Å². The molecule has 0 aliphatic carbocycles. The molecule has 2 aromatic rings. The number of alkyl halides is 3. The van der Waals surface area contributed by atoms with E-state index in [0.29, 0.717) is 31.2 Å². The van der Waals surface area contributed by atoms with Gasteiger partial charge in [0.05, 0.1) is 25.3 Å². The fourth-order valence-corrected chi connectivity index (χ4v) is 3.65. The Labute approximate surface area is 163 Å². The molecule has 0 spiro atoms. The molecule has 1 unspecified atom stereocenters. The number of hydrogen-bond donors (Lipinski definition) is 1. The molecule has 1 fully saturated rings. The summed E-state index contributed by atoms with van der Waals surface area (Å²) >= 11 is 0. The third-order valence-corrected chi connectivity index (χ3v) is 4.88. The van der Waals surface area contributed by atoms with Crippen LogP contribution in [0.5, 0.6) is 11.5 Å². The van der Waals surface area contributed by atoms with Gasteiger partial charge in [0.15, 0.2) is 11.5 Å². The van der Waals surface area contributed by atoms with Crippen molar-refractivity contribution >= 4 is 0 Å². The number of halogens is 3. The van der Waals surface area contributed by atoms with E-state index >= 15 is 0 Å². The number of rotatable bonds is 6. The molecule has 1 aliphatic rings. The minimum Gasteiger partial charge on any atom is -0.493 e. The molecule has 1 saturated heterocycles. The van der Waals surface area contributed by atoms with Crippen molar-refractivity contribution in [2.24, 2.45) is 0 Å². The average molecular weight is 394 g/mol. The van der Waals surface area contributed by atoms with E-state index in [1.54, 1.807) is 24.3 Å². The van der Waals surface area contributed by atoms with Crippen LogP contribution < -0.4 is 14.8 Å². The first-order valence-corrected chi connectivity index (χ1v) is 9.37. The summed E-state index contributed by atoms with van der Waals surface area (Å²) in [4.78, 5) is 2.08. The monoisotopic (exact) mass is 394 g/mol. The number of nitrogens with zero attached hydrogens (tertiary/aromatic N) is 1. The molecule has 0 aromatic heterocycles. The van der Waals surface area contributed by atoms with Gasteiger partial charge in [-0.25, -0.2) is 0 Å². The Morgan fingerprint density at radius 3 is 2.43 bits per heavy atom. The van der Waals surface area contributed by atoms with Gasteiger partial charge < -0.3 is 14.8 Å². The number of methoxy groups -OCH3 is 1. The van der Waals surface area contributed by atoms with E-state index in [0.717, 1.165) is 24.7 Å². The first kappa shape index (κ1) is 20.5. The average Bonchev–Trinajstić information content (AvgIpc) is 2.70. The standard InChI is InChI=1S/C21H25F3N2O2/c1-3-28-18-9-8-15(14-19(18)27-2)20(26-12-10-25-11-13-26)16-6-4-5-7-17(16)21(22,23)24/h4-9,14,20,25H,3,10-13H2,1-2H3. The highest BCUT2D eigenvalue weighted by atomic mass is 19.4. The lowest BCUT2D eigenvalue weighted by Crippen LogP contribution is -2.45. The van der Waals surface area contributed by atoms with E-state index in [9.17, 15) is 13.2 Å². The summed E-state index contributed by atoms with van der Waals surface area (Å²) in [7, 11) is 1.53. The van der Waals surface area contributed by atoms with Gasteiger partial charge in [0.25, 0.3) is 0 Å². The fraction of sp³-hybridized carbons (Fsp3) is 0.429. The van der Waals surface area contributed by atoms with Crippen molar-refractivity contribution in [2.45, 2.75) is 19.1 Å². The van der Waals surface area contributed by atoms with Gasteiger partial charge in [0, 0.05) is 26.2 Å². The molecule has 152 valence electrons. The molecule has 28 heavy (non-hydrogen) atoms. The largest absolute Gasteiger partial charge is 0.493 e. The van der Waals surface area contributed by atoms with Crippen LogP contribution in [0.3, 0.4) is 0 Å². The van der Waals surface area contributed by atoms with Crippen molar-refractivity contribution in [1.82, 2.24) is 10.2 Å². The molecule has 1 atom stereocenters. The zero-order valence-corrected chi connectivity index (χ0v) is 16.1. The number of nitrogens with one attached hydrogen (secondary N) is 1. The Hall–Kier alpha value is -2.25. The van der Waals surface area contributed by atoms with E-state index in [4.69, 9.17) is 9.47 Å². The first-order chi connectivity index (χ1) is 13.5. The zero-order chi connectivity index (χ0) is 20.1. The Bertz CT molecular complexity index is 789.